The van der Waals surface area contributed by atoms with Crippen LogP contribution in [0.25, 0.3) is 67.3 Å². The molecule has 6 heterocycles. The van der Waals surface area contributed by atoms with Gasteiger partial charge in [-0.1, -0.05) is 79.6 Å². The average molecular weight is 1300 g/mol. The molecule has 1 fully saturated rings. The second kappa shape index (κ2) is 27.3. The smallest absolute Gasteiger partial charge is 0.413 e. The van der Waals surface area contributed by atoms with E-state index in [0.29, 0.717) is 61.3 Å². The van der Waals surface area contributed by atoms with Crippen molar-refractivity contribution in [2.75, 3.05) is 71.2 Å². The molecule has 14 N–H and O–H groups in total. The minimum atomic E-state index is -0.795. The maximum Gasteiger partial charge on any atom is 0.413 e. The van der Waals surface area contributed by atoms with Crippen LogP contribution in [0.3, 0.4) is 0 Å². The SMILES string of the molecule is COC(=O)N(C)c1c(N)nc(-c2nn(Cc3ccccc3F)c3cc(F)ccc23)nc1N.COC(=O)Nc1c(N)nc(-c2nn(Cc3ccccc3F)c3c(F)cccc23)nc1N.Nc1nc(-c2nn(Cc3ccccc3F)c3cc(F)ccc23)nc(N)c1NC1CCCC1. The van der Waals surface area contributed by atoms with Gasteiger partial charge in [0.15, 0.2) is 52.4 Å². The fourth-order valence-electron chi connectivity index (χ4n) is 10.8. The molecule has 6 aromatic heterocycles. The summed E-state index contributed by atoms with van der Waals surface area (Å²) in [6, 6.07) is 31.9. The van der Waals surface area contributed by atoms with E-state index in [1.165, 1.54) is 109 Å². The predicted molar refractivity (Wildman–Crippen MR) is 348 cm³/mol. The summed E-state index contributed by atoms with van der Waals surface area (Å²) in [5.41, 5.74) is 40.1. The number of para-hydroxylation sites is 1. The molecule has 1 aliphatic rings. The van der Waals surface area contributed by atoms with E-state index < -0.39 is 41.3 Å². The Morgan fingerprint density at radius 3 is 1.34 bits per heavy atom. The number of carbonyl (C=O) groups excluding carboxylic acids is 2. The van der Waals surface area contributed by atoms with Crippen LogP contribution in [0.5, 0.6) is 0 Å². The van der Waals surface area contributed by atoms with Crippen LogP contribution >= 0.6 is 0 Å². The standard InChI is InChI=1S/C23H23F2N7.C21H19F2N7O2.C20H17F2N7O2/c24-14-9-10-16-18(11-14)32(12-13-5-1-4-8-17(13)25)31-19(16)23-29-21(26)20(22(27)30-23)28-15-6-2-3-7-15;1-29(21(31)32-2)17-18(24)26-20(27-19(17)25)16-13-8-7-12(22)9-15(13)30(28-16)10-11-5-3-4-6-14(11)23;1-31-20(30)25-15-17(23)26-19(27-18(15)24)14-11-6-4-8-13(22)16(11)29(28-14)9-10-5-2-3-7-12(10)21/h1,4-5,8-11,15,28H,2-3,6-7,12H2,(H4,26,27,29,30);3-9H,10H2,1-2H3,(H4,24,25,26,27);2-8H,9H2,1H3,(H,25,30)(H4,23,24,26,27). The van der Waals surface area contributed by atoms with Crippen LogP contribution in [0.4, 0.5) is 87.9 Å². The van der Waals surface area contributed by atoms with Gasteiger partial charge in [0.1, 0.15) is 74.6 Å². The molecular formula is C64H59F6N21O4. The van der Waals surface area contributed by atoms with E-state index in [-0.39, 0.29) is 106 Å². The molecule has 31 heteroatoms. The summed E-state index contributed by atoms with van der Waals surface area (Å²) in [4.78, 5) is 50.1. The molecule has 2 amide bonds. The van der Waals surface area contributed by atoms with E-state index in [1.54, 1.807) is 66.7 Å². The molecule has 95 heavy (non-hydrogen) atoms. The highest BCUT2D eigenvalue weighted by atomic mass is 19.1. The Bertz CT molecular complexity index is 4840. The third kappa shape index (κ3) is 13.5. The van der Waals surface area contributed by atoms with Gasteiger partial charge in [-0.15, -0.1) is 0 Å². The van der Waals surface area contributed by atoms with Crippen molar-refractivity contribution in [3.63, 3.8) is 0 Å². The van der Waals surface area contributed by atoms with Crippen LogP contribution in [-0.2, 0) is 29.1 Å². The summed E-state index contributed by atoms with van der Waals surface area (Å²) in [6.45, 7) is 0.163. The maximum absolute atomic E-state index is 14.7. The third-order valence-corrected chi connectivity index (χ3v) is 15.4. The maximum atomic E-state index is 14.7. The highest BCUT2D eigenvalue weighted by molar-refractivity contribution is 5.98. The number of nitrogen functional groups attached to an aromatic ring is 6. The Morgan fingerprint density at radius 1 is 0.495 bits per heavy atom. The van der Waals surface area contributed by atoms with E-state index in [2.05, 4.69) is 65.3 Å². The first-order chi connectivity index (χ1) is 45.7. The lowest BCUT2D eigenvalue weighted by atomic mass is 10.2. The molecule has 13 rings (SSSR count). The lowest BCUT2D eigenvalue weighted by Gasteiger charge is -2.18. The van der Waals surface area contributed by atoms with Gasteiger partial charge in [0.05, 0.1) is 44.9 Å². The molecular weight excluding hydrogens is 1240 g/mol. The van der Waals surface area contributed by atoms with Gasteiger partial charge in [0.2, 0.25) is 0 Å². The summed E-state index contributed by atoms with van der Waals surface area (Å²) in [7, 11) is 3.81. The summed E-state index contributed by atoms with van der Waals surface area (Å²) in [5, 5.41) is 20.7. The van der Waals surface area contributed by atoms with E-state index in [0.717, 1.165) is 17.7 Å². The van der Waals surface area contributed by atoms with Gasteiger partial charge in [-0.2, -0.15) is 15.3 Å². The van der Waals surface area contributed by atoms with Crippen molar-refractivity contribution in [2.45, 2.75) is 51.4 Å². The highest BCUT2D eigenvalue weighted by Gasteiger charge is 2.27. The Labute approximate surface area is 535 Å². The molecule has 25 nitrogen and oxygen atoms in total. The van der Waals surface area contributed by atoms with Gasteiger partial charge in [0.25, 0.3) is 0 Å². The van der Waals surface area contributed by atoms with Gasteiger partial charge in [-0.3, -0.25) is 24.3 Å². The lowest BCUT2D eigenvalue weighted by molar-refractivity contribution is 0.180. The van der Waals surface area contributed by atoms with Gasteiger partial charge in [0, 0.05) is 45.9 Å². The van der Waals surface area contributed by atoms with Crippen LogP contribution in [-0.4, -0.2) is 98.7 Å². The summed E-state index contributed by atoms with van der Waals surface area (Å²) in [5.74, 6) is -2.24. The third-order valence-electron chi connectivity index (χ3n) is 15.4. The number of rotatable bonds is 13. The van der Waals surface area contributed by atoms with Gasteiger partial charge < -0.3 is 49.2 Å². The number of amides is 2. The largest absolute Gasteiger partial charge is 0.453 e. The van der Waals surface area contributed by atoms with Crippen molar-refractivity contribution in [3.05, 3.63) is 179 Å². The lowest BCUT2D eigenvalue weighted by Crippen LogP contribution is -2.28. The molecule has 0 saturated heterocycles. The molecule has 12 aromatic rings. The second-order valence-corrected chi connectivity index (χ2v) is 21.6. The number of hydrogen-bond acceptors (Lipinski definition) is 20. The number of methoxy groups -OCH3 is 2. The van der Waals surface area contributed by atoms with Gasteiger partial charge >= 0.3 is 12.2 Å². The van der Waals surface area contributed by atoms with E-state index in [9.17, 15) is 35.9 Å². The van der Waals surface area contributed by atoms with Crippen molar-refractivity contribution in [1.29, 1.82) is 0 Å². The Kier molecular flexibility index (Phi) is 18.4. The van der Waals surface area contributed by atoms with Crippen LogP contribution < -0.4 is 49.9 Å². The van der Waals surface area contributed by atoms with Crippen LogP contribution in [0.2, 0.25) is 0 Å². The zero-order valence-corrected chi connectivity index (χ0v) is 50.8. The number of nitrogens with one attached hydrogen (secondary N) is 2. The predicted octanol–water partition coefficient (Wildman–Crippen LogP) is 10.7. The monoisotopic (exact) mass is 1300 g/mol. The first kappa shape index (κ1) is 64.2. The number of nitrogens with two attached hydrogens (primary N) is 6. The van der Waals surface area contributed by atoms with Crippen LogP contribution in [0, 0.1) is 34.9 Å². The molecule has 0 radical (unpaired) electrons. The molecule has 486 valence electrons. The normalized spacial score (nSPS) is 12.1. The van der Waals surface area contributed by atoms with Crippen molar-refractivity contribution < 1.29 is 45.4 Å². The summed E-state index contributed by atoms with van der Waals surface area (Å²) in [6.07, 6.45) is 2.94. The zero-order valence-electron chi connectivity index (χ0n) is 50.8. The fourth-order valence-corrected chi connectivity index (χ4v) is 10.8. The minimum Gasteiger partial charge on any atom is -0.453 e. The van der Waals surface area contributed by atoms with E-state index in [4.69, 9.17) is 34.4 Å². The molecule has 1 saturated carbocycles. The average Bonchev–Trinajstić information content (AvgIpc) is 1.15. The van der Waals surface area contributed by atoms with Crippen LogP contribution in [0.1, 0.15) is 42.4 Å². The fraction of sp³-hybridized carbons (Fsp3) is 0.172. The van der Waals surface area contributed by atoms with Crippen molar-refractivity contribution in [2.24, 2.45) is 0 Å². The van der Waals surface area contributed by atoms with E-state index in [1.807, 2.05) is 0 Å². The van der Waals surface area contributed by atoms with Crippen LogP contribution in [0.15, 0.2) is 127 Å². The van der Waals surface area contributed by atoms with E-state index >= 15 is 0 Å². The number of aromatic nitrogens is 12. The van der Waals surface area contributed by atoms with Gasteiger partial charge in [-0.05, 0) is 73.5 Å². The number of anilines is 9. The molecule has 0 atom stereocenters. The molecule has 0 spiro atoms. The highest BCUT2D eigenvalue weighted by Crippen LogP contribution is 2.37. The topological polar surface area (TPSA) is 367 Å². The number of carbonyl (C=O) groups is 2. The van der Waals surface area contributed by atoms with Crippen molar-refractivity contribution in [1.82, 2.24) is 59.2 Å². The zero-order chi connectivity index (χ0) is 67.4. The minimum absolute atomic E-state index is 0.0168. The Morgan fingerprint density at radius 2 is 0.895 bits per heavy atom. The number of halogens is 6. The number of hydrogen-bond donors (Lipinski definition) is 8. The molecule has 0 aliphatic heterocycles. The molecule has 6 aromatic carbocycles. The number of ether oxygens (including phenoxy) is 2. The van der Waals surface area contributed by atoms with Crippen molar-refractivity contribution in [3.8, 4) is 34.6 Å². The first-order valence-corrected chi connectivity index (χ1v) is 29.1. The van der Waals surface area contributed by atoms with Gasteiger partial charge in [-0.25, -0.2) is 65.8 Å². The molecule has 0 unspecified atom stereocenters. The Hall–Kier alpha value is -12.3. The summed E-state index contributed by atoms with van der Waals surface area (Å²) < 4.78 is 98.8. The number of benzene rings is 6. The Balaban J connectivity index is 0.000000145. The summed E-state index contributed by atoms with van der Waals surface area (Å²) >= 11 is 0. The number of fused-ring (bicyclic) bond motifs is 3. The molecule has 0 bridgehead atoms. The van der Waals surface area contributed by atoms with Crippen molar-refractivity contribution >= 4 is 96.9 Å². The quantitative estimate of drug-likeness (QED) is 0.0497. The first-order valence-electron chi connectivity index (χ1n) is 29.1. The molecule has 1 aliphatic carbocycles. The second-order valence-electron chi connectivity index (χ2n) is 21.6. The number of nitrogens with zero attached hydrogens (tertiary/aromatic N) is 13.